The van der Waals surface area contributed by atoms with Gasteiger partial charge in [0.1, 0.15) is 12.4 Å². The summed E-state index contributed by atoms with van der Waals surface area (Å²) in [6.45, 7) is 7.79. The zero-order chi connectivity index (χ0) is 13.7. The minimum atomic E-state index is 0.665. The van der Waals surface area contributed by atoms with Crippen LogP contribution >= 0.6 is 0 Å². The largest absolute Gasteiger partial charge is 0.491 e. The van der Waals surface area contributed by atoms with Gasteiger partial charge in [0, 0.05) is 12.2 Å². The summed E-state index contributed by atoms with van der Waals surface area (Å²) >= 11 is 0. The summed E-state index contributed by atoms with van der Waals surface area (Å²) < 4.78 is 5.86. The van der Waals surface area contributed by atoms with E-state index in [1.54, 1.807) is 0 Å². The van der Waals surface area contributed by atoms with E-state index in [0.717, 1.165) is 18.0 Å². The summed E-state index contributed by atoms with van der Waals surface area (Å²) in [5.41, 5.74) is 4.88. The van der Waals surface area contributed by atoms with Gasteiger partial charge in [0.25, 0.3) is 0 Å². The van der Waals surface area contributed by atoms with E-state index in [1.165, 1.54) is 16.7 Å². The molecular formula is C17H21NO. The Kier molecular flexibility index (Phi) is 4.45. The van der Waals surface area contributed by atoms with Crippen LogP contribution < -0.4 is 10.1 Å². The number of hydrogen-bond donors (Lipinski definition) is 1. The van der Waals surface area contributed by atoms with Crippen LogP contribution in [0.25, 0.3) is 0 Å². The Morgan fingerprint density at radius 3 is 2.47 bits per heavy atom. The van der Waals surface area contributed by atoms with Crippen LogP contribution in [0.5, 0.6) is 5.75 Å². The molecule has 2 nitrogen and oxygen atoms in total. The van der Waals surface area contributed by atoms with E-state index in [2.05, 4.69) is 50.4 Å². The summed E-state index contributed by atoms with van der Waals surface area (Å²) in [7, 11) is 0. The van der Waals surface area contributed by atoms with Crippen molar-refractivity contribution in [2.45, 2.75) is 20.8 Å². The van der Waals surface area contributed by atoms with Gasteiger partial charge in [-0.05, 0) is 55.7 Å². The van der Waals surface area contributed by atoms with Crippen molar-refractivity contribution in [3.63, 3.8) is 0 Å². The Balaban J connectivity index is 1.86. The van der Waals surface area contributed by atoms with Gasteiger partial charge < -0.3 is 10.1 Å². The number of rotatable bonds is 5. The van der Waals surface area contributed by atoms with Crippen LogP contribution in [-0.2, 0) is 0 Å². The molecule has 19 heavy (non-hydrogen) atoms. The van der Waals surface area contributed by atoms with E-state index in [9.17, 15) is 0 Å². The van der Waals surface area contributed by atoms with Gasteiger partial charge in [-0.25, -0.2) is 0 Å². The van der Waals surface area contributed by atoms with Crippen molar-refractivity contribution >= 4 is 5.69 Å². The predicted octanol–water partition coefficient (Wildman–Crippen LogP) is 4.10. The van der Waals surface area contributed by atoms with Gasteiger partial charge in [0.05, 0.1) is 0 Å². The molecule has 0 aliphatic heterocycles. The molecule has 0 heterocycles. The van der Waals surface area contributed by atoms with Crippen molar-refractivity contribution in [3.8, 4) is 5.75 Å². The lowest BCUT2D eigenvalue weighted by Crippen LogP contribution is -2.12. The maximum Gasteiger partial charge on any atom is 0.122 e. The topological polar surface area (TPSA) is 21.3 Å². The van der Waals surface area contributed by atoms with E-state index >= 15 is 0 Å². The van der Waals surface area contributed by atoms with Crippen LogP contribution in [0.4, 0.5) is 5.69 Å². The van der Waals surface area contributed by atoms with Gasteiger partial charge in [-0.15, -0.1) is 0 Å². The van der Waals surface area contributed by atoms with Crippen molar-refractivity contribution in [1.29, 1.82) is 0 Å². The van der Waals surface area contributed by atoms with Crippen LogP contribution in [-0.4, -0.2) is 13.2 Å². The van der Waals surface area contributed by atoms with E-state index < -0.39 is 0 Å². The van der Waals surface area contributed by atoms with E-state index in [0.29, 0.717) is 6.61 Å². The number of para-hydroxylation sites is 1. The zero-order valence-electron chi connectivity index (χ0n) is 11.9. The molecule has 0 aliphatic carbocycles. The monoisotopic (exact) mass is 255 g/mol. The number of nitrogens with one attached hydrogen (secondary N) is 1. The van der Waals surface area contributed by atoms with Gasteiger partial charge in [-0.3, -0.25) is 0 Å². The van der Waals surface area contributed by atoms with Crippen LogP contribution in [0.1, 0.15) is 16.7 Å². The maximum absolute atomic E-state index is 5.86. The second kappa shape index (κ2) is 6.28. The third-order valence-electron chi connectivity index (χ3n) is 3.23. The van der Waals surface area contributed by atoms with Crippen LogP contribution in [0.2, 0.25) is 0 Å². The molecule has 1 N–H and O–H groups in total. The molecule has 0 aliphatic rings. The van der Waals surface area contributed by atoms with Crippen LogP contribution in [0, 0.1) is 20.8 Å². The lowest BCUT2D eigenvalue weighted by Gasteiger charge is -2.13. The van der Waals surface area contributed by atoms with Gasteiger partial charge >= 0.3 is 0 Å². The van der Waals surface area contributed by atoms with Crippen molar-refractivity contribution in [3.05, 3.63) is 59.2 Å². The van der Waals surface area contributed by atoms with Crippen molar-refractivity contribution < 1.29 is 4.74 Å². The third kappa shape index (κ3) is 3.75. The molecule has 0 spiro atoms. The number of aryl methyl sites for hydroxylation is 2. The molecule has 0 radical (unpaired) electrons. The summed E-state index contributed by atoms with van der Waals surface area (Å²) in [5, 5.41) is 3.34. The highest BCUT2D eigenvalue weighted by Gasteiger charge is 2.03. The Hall–Kier alpha value is -1.96. The third-order valence-corrected chi connectivity index (χ3v) is 3.23. The van der Waals surface area contributed by atoms with Gasteiger partial charge in [-0.2, -0.15) is 0 Å². The van der Waals surface area contributed by atoms with Gasteiger partial charge in [-0.1, -0.05) is 24.3 Å². The van der Waals surface area contributed by atoms with Crippen molar-refractivity contribution in [1.82, 2.24) is 0 Å². The molecule has 0 aromatic heterocycles. The standard InChI is InChI=1S/C17H21NO/c1-13-11-14(2)15(3)17(12-13)19-10-9-18-16-7-5-4-6-8-16/h4-8,11-12,18H,9-10H2,1-3H3. The summed E-state index contributed by atoms with van der Waals surface area (Å²) in [6.07, 6.45) is 0. The number of ether oxygens (including phenoxy) is 1. The molecule has 0 saturated carbocycles. The minimum Gasteiger partial charge on any atom is -0.491 e. The molecule has 2 aromatic carbocycles. The Morgan fingerprint density at radius 2 is 1.74 bits per heavy atom. The second-order valence-corrected chi connectivity index (χ2v) is 4.85. The first-order valence-electron chi connectivity index (χ1n) is 6.66. The molecule has 2 heteroatoms. The Morgan fingerprint density at radius 1 is 1.00 bits per heavy atom. The first kappa shape index (κ1) is 13.5. The fraction of sp³-hybridized carbons (Fsp3) is 0.294. The van der Waals surface area contributed by atoms with Crippen molar-refractivity contribution in [2.24, 2.45) is 0 Å². The van der Waals surface area contributed by atoms with Gasteiger partial charge in [0.2, 0.25) is 0 Å². The second-order valence-electron chi connectivity index (χ2n) is 4.85. The molecular weight excluding hydrogens is 234 g/mol. The molecule has 2 aromatic rings. The average molecular weight is 255 g/mol. The smallest absolute Gasteiger partial charge is 0.122 e. The number of anilines is 1. The summed E-state index contributed by atoms with van der Waals surface area (Å²) in [6, 6.07) is 14.5. The quantitative estimate of drug-likeness (QED) is 0.812. The molecule has 100 valence electrons. The van der Waals surface area contributed by atoms with E-state index in [4.69, 9.17) is 4.74 Å². The highest BCUT2D eigenvalue weighted by atomic mass is 16.5. The first-order valence-corrected chi connectivity index (χ1v) is 6.66. The number of benzene rings is 2. The average Bonchev–Trinajstić information content (AvgIpc) is 2.41. The highest BCUT2D eigenvalue weighted by molar-refractivity contribution is 5.43. The Labute approximate surface area is 115 Å². The summed E-state index contributed by atoms with van der Waals surface area (Å²) in [4.78, 5) is 0. The number of hydrogen-bond acceptors (Lipinski definition) is 2. The molecule has 0 unspecified atom stereocenters. The van der Waals surface area contributed by atoms with Crippen LogP contribution in [0.15, 0.2) is 42.5 Å². The minimum absolute atomic E-state index is 0.665. The van der Waals surface area contributed by atoms with Gasteiger partial charge in [0.15, 0.2) is 0 Å². The first-order chi connectivity index (χ1) is 9.16. The maximum atomic E-state index is 5.86. The van der Waals surface area contributed by atoms with E-state index in [1.807, 2.05) is 18.2 Å². The fourth-order valence-corrected chi connectivity index (χ4v) is 2.06. The Bertz CT molecular complexity index is 534. The molecule has 0 atom stereocenters. The predicted molar refractivity (Wildman–Crippen MR) is 81.1 cm³/mol. The lowest BCUT2D eigenvalue weighted by molar-refractivity contribution is 0.330. The SMILES string of the molecule is Cc1cc(C)c(C)c(OCCNc2ccccc2)c1. The van der Waals surface area contributed by atoms with Crippen LogP contribution in [0.3, 0.4) is 0 Å². The van der Waals surface area contributed by atoms with E-state index in [-0.39, 0.29) is 0 Å². The molecule has 2 rings (SSSR count). The fourth-order valence-electron chi connectivity index (χ4n) is 2.06. The highest BCUT2D eigenvalue weighted by Crippen LogP contribution is 2.23. The zero-order valence-corrected chi connectivity index (χ0v) is 11.9. The molecule has 0 fully saturated rings. The molecule has 0 amide bonds. The molecule has 0 saturated heterocycles. The van der Waals surface area contributed by atoms with Crippen molar-refractivity contribution in [2.75, 3.05) is 18.5 Å². The lowest BCUT2D eigenvalue weighted by atomic mass is 10.1. The summed E-state index contributed by atoms with van der Waals surface area (Å²) in [5.74, 6) is 0.993. The molecule has 0 bridgehead atoms. The normalized spacial score (nSPS) is 10.3.